The van der Waals surface area contributed by atoms with Crippen molar-refractivity contribution in [2.24, 2.45) is 5.73 Å². The maximum absolute atomic E-state index is 5.91. The second-order valence-corrected chi connectivity index (χ2v) is 6.88. The molecule has 6 heteroatoms. The van der Waals surface area contributed by atoms with Crippen LogP contribution < -0.4 is 20.3 Å². The lowest BCUT2D eigenvalue weighted by Crippen LogP contribution is -2.47. The fourth-order valence-electron chi connectivity index (χ4n) is 3.73. The van der Waals surface area contributed by atoms with E-state index >= 15 is 0 Å². The molecule has 1 aliphatic heterocycles. The first-order chi connectivity index (χ1) is 12.2. The molecule has 132 valence electrons. The molecule has 0 atom stereocenters. The molecular formula is C19H25N5O. The van der Waals surface area contributed by atoms with Gasteiger partial charge in [-0.1, -0.05) is 12.1 Å². The first kappa shape index (κ1) is 16.1. The number of ether oxygens (including phenoxy) is 1. The van der Waals surface area contributed by atoms with Crippen molar-refractivity contribution >= 4 is 11.5 Å². The largest absolute Gasteiger partial charge is 0.495 e. The Morgan fingerprint density at radius 1 is 1.04 bits per heavy atom. The van der Waals surface area contributed by atoms with E-state index in [1.807, 2.05) is 12.1 Å². The first-order valence-corrected chi connectivity index (χ1v) is 8.95. The summed E-state index contributed by atoms with van der Waals surface area (Å²) in [5, 5.41) is 0. The number of nitrogens with two attached hydrogens (primary N) is 1. The number of methoxy groups -OCH3 is 1. The average Bonchev–Trinajstić information content (AvgIpc) is 2.66. The van der Waals surface area contributed by atoms with E-state index in [9.17, 15) is 0 Å². The Labute approximate surface area is 148 Å². The van der Waals surface area contributed by atoms with E-state index in [1.165, 1.54) is 0 Å². The highest BCUT2D eigenvalue weighted by Gasteiger charge is 2.29. The van der Waals surface area contributed by atoms with Gasteiger partial charge in [-0.05, 0) is 25.0 Å². The summed E-state index contributed by atoms with van der Waals surface area (Å²) in [6.07, 6.45) is 3.77. The maximum atomic E-state index is 5.91. The average molecular weight is 339 g/mol. The minimum atomic E-state index is 0.341. The minimum absolute atomic E-state index is 0.341. The molecule has 2 aliphatic rings. The highest BCUT2D eigenvalue weighted by atomic mass is 16.5. The Bertz CT molecular complexity index is 723. The van der Waals surface area contributed by atoms with Gasteiger partial charge < -0.3 is 20.3 Å². The van der Waals surface area contributed by atoms with Gasteiger partial charge in [-0.25, -0.2) is 9.97 Å². The Morgan fingerprint density at radius 3 is 2.48 bits per heavy atom. The number of aromatic nitrogens is 2. The normalized spacial score (nSPS) is 23.3. The molecule has 25 heavy (non-hydrogen) atoms. The molecule has 0 bridgehead atoms. The van der Waals surface area contributed by atoms with Gasteiger partial charge in [-0.15, -0.1) is 0 Å². The minimum Gasteiger partial charge on any atom is -0.495 e. The van der Waals surface area contributed by atoms with Crippen LogP contribution in [0.1, 0.15) is 24.5 Å². The van der Waals surface area contributed by atoms with Crippen molar-refractivity contribution in [1.29, 1.82) is 0 Å². The smallest absolute Gasteiger partial charge is 0.142 e. The lowest BCUT2D eigenvalue weighted by atomic mass is 9.78. The number of anilines is 2. The molecule has 2 aromatic rings. The van der Waals surface area contributed by atoms with Gasteiger partial charge in [0.1, 0.15) is 17.9 Å². The summed E-state index contributed by atoms with van der Waals surface area (Å²) in [5.41, 5.74) is 8.21. The Kier molecular flexibility index (Phi) is 4.44. The van der Waals surface area contributed by atoms with Gasteiger partial charge in [0.15, 0.2) is 0 Å². The van der Waals surface area contributed by atoms with E-state index in [1.54, 1.807) is 13.4 Å². The fourth-order valence-corrected chi connectivity index (χ4v) is 3.73. The van der Waals surface area contributed by atoms with Gasteiger partial charge in [0.25, 0.3) is 0 Å². The lowest BCUT2D eigenvalue weighted by Gasteiger charge is -2.37. The van der Waals surface area contributed by atoms with Crippen LogP contribution in [0.4, 0.5) is 11.5 Å². The van der Waals surface area contributed by atoms with Crippen LogP contribution in [0.25, 0.3) is 0 Å². The van der Waals surface area contributed by atoms with E-state index in [0.717, 1.165) is 62.0 Å². The van der Waals surface area contributed by atoms with Crippen molar-refractivity contribution in [3.63, 3.8) is 0 Å². The van der Waals surface area contributed by atoms with Crippen LogP contribution in [-0.4, -0.2) is 49.3 Å². The number of hydrogen-bond acceptors (Lipinski definition) is 6. The third-order valence-electron chi connectivity index (χ3n) is 5.30. The molecule has 0 unspecified atom stereocenters. The number of rotatable bonds is 4. The third-order valence-corrected chi connectivity index (χ3v) is 5.30. The summed E-state index contributed by atoms with van der Waals surface area (Å²) in [7, 11) is 1.73. The summed E-state index contributed by atoms with van der Waals surface area (Å²) < 4.78 is 5.49. The van der Waals surface area contributed by atoms with Crippen molar-refractivity contribution in [2.45, 2.75) is 24.8 Å². The summed E-state index contributed by atoms with van der Waals surface area (Å²) in [6.45, 7) is 3.79. The maximum Gasteiger partial charge on any atom is 0.142 e. The molecule has 2 heterocycles. The van der Waals surface area contributed by atoms with Crippen LogP contribution in [-0.2, 0) is 0 Å². The van der Waals surface area contributed by atoms with Crippen molar-refractivity contribution < 1.29 is 4.74 Å². The predicted molar refractivity (Wildman–Crippen MR) is 99.4 cm³/mol. The van der Waals surface area contributed by atoms with Crippen LogP contribution in [0.5, 0.6) is 5.75 Å². The van der Waals surface area contributed by atoms with Gasteiger partial charge in [0, 0.05) is 49.9 Å². The summed E-state index contributed by atoms with van der Waals surface area (Å²) in [5.74, 6) is 2.47. The molecule has 0 spiro atoms. The summed E-state index contributed by atoms with van der Waals surface area (Å²) in [4.78, 5) is 13.7. The van der Waals surface area contributed by atoms with Crippen LogP contribution in [0.3, 0.4) is 0 Å². The van der Waals surface area contributed by atoms with E-state index in [-0.39, 0.29) is 0 Å². The number of nitrogens with zero attached hydrogens (tertiary/aromatic N) is 4. The molecule has 1 saturated heterocycles. The second-order valence-electron chi connectivity index (χ2n) is 6.88. The SMILES string of the molecule is COc1ccccc1N1CCN(c2cc(C3CC(N)C3)ncn2)CC1. The number of piperazine rings is 1. The molecule has 1 saturated carbocycles. The number of hydrogen-bond donors (Lipinski definition) is 1. The molecule has 1 aromatic heterocycles. The Morgan fingerprint density at radius 2 is 1.76 bits per heavy atom. The standard InChI is InChI=1S/C19H25N5O/c1-25-18-5-3-2-4-17(18)23-6-8-24(9-7-23)19-12-16(21-13-22-19)14-10-15(20)11-14/h2-5,12-15H,6-11,20H2,1H3. The zero-order valence-corrected chi connectivity index (χ0v) is 14.6. The van der Waals surface area contributed by atoms with Crippen LogP contribution in [0.15, 0.2) is 36.7 Å². The van der Waals surface area contributed by atoms with Crippen molar-refractivity contribution in [1.82, 2.24) is 9.97 Å². The Balaban J connectivity index is 1.43. The van der Waals surface area contributed by atoms with Gasteiger partial charge in [-0.3, -0.25) is 0 Å². The first-order valence-electron chi connectivity index (χ1n) is 8.95. The molecule has 1 aliphatic carbocycles. The predicted octanol–water partition coefficient (Wildman–Crippen LogP) is 2.02. The van der Waals surface area contributed by atoms with E-state index in [2.05, 4.69) is 38.0 Å². The highest BCUT2D eigenvalue weighted by molar-refractivity contribution is 5.59. The van der Waals surface area contributed by atoms with Gasteiger partial charge in [0.2, 0.25) is 0 Å². The van der Waals surface area contributed by atoms with E-state index in [0.29, 0.717) is 12.0 Å². The van der Waals surface area contributed by atoms with E-state index < -0.39 is 0 Å². The van der Waals surface area contributed by atoms with Crippen molar-refractivity contribution in [3.05, 3.63) is 42.4 Å². The van der Waals surface area contributed by atoms with Gasteiger partial charge in [0.05, 0.1) is 12.8 Å². The molecule has 1 aromatic carbocycles. The zero-order valence-electron chi connectivity index (χ0n) is 14.6. The molecule has 0 amide bonds. The summed E-state index contributed by atoms with van der Waals surface area (Å²) in [6, 6.07) is 10.7. The molecule has 2 N–H and O–H groups in total. The number of benzene rings is 1. The quantitative estimate of drug-likeness (QED) is 0.919. The zero-order chi connectivity index (χ0) is 17.2. The fraction of sp³-hybridized carbons (Fsp3) is 0.474. The van der Waals surface area contributed by atoms with Gasteiger partial charge >= 0.3 is 0 Å². The van der Waals surface area contributed by atoms with E-state index in [4.69, 9.17) is 10.5 Å². The molecule has 4 rings (SSSR count). The number of para-hydroxylation sites is 2. The highest BCUT2D eigenvalue weighted by Crippen LogP contribution is 2.35. The Hall–Kier alpha value is -2.34. The topological polar surface area (TPSA) is 67.5 Å². The monoisotopic (exact) mass is 339 g/mol. The lowest BCUT2D eigenvalue weighted by molar-refractivity contribution is 0.345. The molecule has 6 nitrogen and oxygen atoms in total. The second kappa shape index (κ2) is 6.88. The van der Waals surface area contributed by atoms with Crippen LogP contribution in [0, 0.1) is 0 Å². The van der Waals surface area contributed by atoms with Gasteiger partial charge in [-0.2, -0.15) is 0 Å². The molecule has 0 radical (unpaired) electrons. The van der Waals surface area contributed by atoms with Crippen LogP contribution >= 0.6 is 0 Å². The van der Waals surface area contributed by atoms with Crippen molar-refractivity contribution in [2.75, 3.05) is 43.1 Å². The van der Waals surface area contributed by atoms with Crippen molar-refractivity contribution in [3.8, 4) is 5.75 Å². The van der Waals surface area contributed by atoms with Crippen LogP contribution in [0.2, 0.25) is 0 Å². The third kappa shape index (κ3) is 3.26. The molecule has 2 fully saturated rings. The summed E-state index contributed by atoms with van der Waals surface area (Å²) >= 11 is 0. The molecular weight excluding hydrogens is 314 g/mol.